The molecule has 0 radical (unpaired) electrons. The van der Waals surface area contributed by atoms with Crippen LogP contribution in [0.5, 0.6) is 0 Å². The van der Waals surface area contributed by atoms with E-state index in [0.717, 1.165) is 23.1 Å². The number of nitrogens with one attached hydrogen (secondary N) is 1. The summed E-state index contributed by atoms with van der Waals surface area (Å²) in [6, 6.07) is 9.79. The van der Waals surface area contributed by atoms with Crippen molar-refractivity contribution >= 4 is 11.9 Å². The van der Waals surface area contributed by atoms with Crippen molar-refractivity contribution in [3.8, 4) is 22.4 Å². The molecular formula is C19H17FN4O. The first-order chi connectivity index (χ1) is 12.2. The summed E-state index contributed by atoms with van der Waals surface area (Å²) >= 11 is 0. The predicted octanol–water partition coefficient (Wildman–Crippen LogP) is 4.08. The highest BCUT2D eigenvalue weighted by molar-refractivity contribution is 5.90. The number of rotatable bonds is 5. The Bertz CT molecular complexity index is 866. The fourth-order valence-electron chi connectivity index (χ4n) is 2.43. The quantitative estimate of drug-likeness (QED) is 0.762. The van der Waals surface area contributed by atoms with Gasteiger partial charge in [-0.2, -0.15) is 0 Å². The molecule has 2 aromatic heterocycles. The summed E-state index contributed by atoms with van der Waals surface area (Å²) in [4.78, 5) is 24.6. The maximum atomic E-state index is 13.2. The average Bonchev–Trinajstić information content (AvgIpc) is 2.63. The standard InChI is InChI=1S/C19H17FN4O/c1-2-3-17(25)23-19-22-12-16(13-4-6-15(20)7-5-13)18(24-19)14-8-10-21-11-9-14/h4-12H,2-3H2,1H3,(H,22,23,24,25). The summed E-state index contributed by atoms with van der Waals surface area (Å²) in [7, 11) is 0. The Kier molecular flexibility index (Phi) is 5.09. The topological polar surface area (TPSA) is 67.8 Å². The van der Waals surface area contributed by atoms with Crippen LogP contribution in [-0.2, 0) is 4.79 Å². The van der Waals surface area contributed by atoms with Crippen LogP contribution in [0.25, 0.3) is 22.4 Å². The normalized spacial score (nSPS) is 10.5. The van der Waals surface area contributed by atoms with Crippen molar-refractivity contribution in [2.45, 2.75) is 19.8 Å². The van der Waals surface area contributed by atoms with Gasteiger partial charge in [0.1, 0.15) is 5.82 Å². The number of carbonyl (C=O) groups is 1. The van der Waals surface area contributed by atoms with Crippen molar-refractivity contribution < 1.29 is 9.18 Å². The molecule has 0 saturated heterocycles. The first kappa shape index (κ1) is 16.7. The van der Waals surface area contributed by atoms with Gasteiger partial charge in [0.2, 0.25) is 11.9 Å². The number of benzene rings is 1. The van der Waals surface area contributed by atoms with Crippen molar-refractivity contribution in [3.05, 3.63) is 60.8 Å². The SMILES string of the molecule is CCCC(=O)Nc1ncc(-c2ccc(F)cc2)c(-c2ccncc2)n1. The lowest BCUT2D eigenvalue weighted by atomic mass is 10.0. The predicted molar refractivity (Wildman–Crippen MR) is 94.2 cm³/mol. The molecule has 0 saturated carbocycles. The highest BCUT2D eigenvalue weighted by Crippen LogP contribution is 2.30. The van der Waals surface area contributed by atoms with Crippen LogP contribution in [0.1, 0.15) is 19.8 Å². The smallest absolute Gasteiger partial charge is 0.229 e. The number of hydrogen-bond donors (Lipinski definition) is 1. The Morgan fingerprint density at radius 3 is 2.48 bits per heavy atom. The van der Waals surface area contributed by atoms with Crippen LogP contribution in [0.4, 0.5) is 10.3 Å². The molecule has 0 spiro atoms. The minimum Gasteiger partial charge on any atom is -0.295 e. The molecule has 3 rings (SSSR count). The summed E-state index contributed by atoms with van der Waals surface area (Å²) in [6.45, 7) is 1.93. The largest absolute Gasteiger partial charge is 0.295 e. The average molecular weight is 336 g/mol. The van der Waals surface area contributed by atoms with Crippen LogP contribution in [-0.4, -0.2) is 20.9 Å². The molecule has 0 bridgehead atoms. The van der Waals surface area contributed by atoms with Gasteiger partial charge in [0.15, 0.2) is 0 Å². The highest BCUT2D eigenvalue weighted by Gasteiger charge is 2.13. The van der Waals surface area contributed by atoms with Crippen LogP contribution in [0, 0.1) is 5.82 Å². The first-order valence-corrected chi connectivity index (χ1v) is 8.00. The van der Waals surface area contributed by atoms with E-state index < -0.39 is 0 Å². The van der Waals surface area contributed by atoms with Gasteiger partial charge in [-0.05, 0) is 36.2 Å². The molecule has 0 fully saturated rings. The Labute approximate surface area is 145 Å². The summed E-state index contributed by atoms with van der Waals surface area (Å²) < 4.78 is 13.2. The monoisotopic (exact) mass is 336 g/mol. The van der Waals surface area contributed by atoms with Gasteiger partial charge in [-0.3, -0.25) is 15.1 Å². The number of halogens is 1. The van der Waals surface area contributed by atoms with Crippen LogP contribution < -0.4 is 5.32 Å². The van der Waals surface area contributed by atoms with Crippen LogP contribution in [0.3, 0.4) is 0 Å². The number of pyridine rings is 1. The molecule has 25 heavy (non-hydrogen) atoms. The van der Waals surface area contributed by atoms with E-state index in [-0.39, 0.29) is 17.7 Å². The molecule has 0 aliphatic carbocycles. The molecule has 1 aromatic carbocycles. The maximum absolute atomic E-state index is 13.2. The molecule has 0 atom stereocenters. The van der Waals surface area contributed by atoms with E-state index in [1.54, 1.807) is 30.7 Å². The van der Waals surface area contributed by atoms with Gasteiger partial charge in [-0.15, -0.1) is 0 Å². The van der Waals surface area contributed by atoms with Gasteiger partial charge in [0.05, 0.1) is 5.69 Å². The summed E-state index contributed by atoms with van der Waals surface area (Å²) in [6.07, 6.45) is 6.13. The van der Waals surface area contributed by atoms with Crippen molar-refractivity contribution in [1.82, 2.24) is 15.0 Å². The molecule has 1 N–H and O–H groups in total. The lowest BCUT2D eigenvalue weighted by Gasteiger charge is -2.11. The maximum Gasteiger partial charge on any atom is 0.229 e. The highest BCUT2D eigenvalue weighted by atomic mass is 19.1. The molecule has 2 heterocycles. The summed E-state index contributed by atoms with van der Waals surface area (Å²) in [5.74, 6) is -0.188. The molecule has 5 nitrogen and oxygen atoms in total. The van der Waals surface area contributed by atoms with Gasteiger partial charge in [-0.25, -0.2) is 14.4 Å². The molecule has 0 unspecified atom stereocenters. The second-order valence-electron chi connectivity index (χ2n) is 5.50. The van der Waals surface area contributed by atoms with E-state index in [1.807, 2.05) is 19.1 Å². The van der Waals surface area contributed by atoms with Crippen LogP contribution in [0.2, 0.25) is 0 Å². The lowest BCUT2D eigenvalue weighted by Crippen LogP contribution is -2.13. The number of amides is 1. The van der Waals surface area contributed by atoms with E-state index in [9.17, 15) is 9.18 Å². The van der Waals surface area contributed by atoms with Gasteiger partial charge < -0.3 is 0 Å². The first-order valence-electron chi connectivity index (χ1n) is 8.00. The zero-order valence-electron chi connectivity index (χ0n) is 13.7. The third-order valence-electron chi connectivity index (χ3n) is 3.63. The van der Waals surface area contributed by atoms with E-state index in [4.69, 9.17) is 0 Å². The molecule has 0 aliphatic rings. The zero-order chi connectivity index (χ0) is 17.6. The minimum absolute atomic E-state index is 0.127. The molecule has 1 amide bonds. The number of hydrogen-bond acceptors (Lipinski definition) is 4. The van der Waals surface area contributed by atoms with E-state index in [1.165, 1.54) is 12.1 Å². The van der Waals surface area contributed by atoms with Crippen LogP contribution >= 0.6 is 0 Å². The third-order valence-corrected chi connectivity index (χ3v) is 3.63. The minimum atomic E-state index is -0.307. The Morgan fingerprint density at radius 2 is 1.80 bits per heavy atom. The van der Waals surface area contributed by atoms with Crippen LogP contribution in [0.15, 0.2) is 55.0 Å². The fraction of sp³-hybridized carbons (Fsp3) is 0.158. The lowest BCUT2D eigenvalue weighted by molar-refractivity contribution is -0.116. The summed E-state index contributed by atoms with van der Waals surface area (Å²) in [5.41, 5.74) is 3.03. The Balaban J connectivity index is 2.05. The second kappa shape index (κ2) is 7.61. The molecule has 126 valence electrons. The van der Waals surface area contributed by atoms with Gasteiger partial charge >= 0.3 is 0 Å². The third kappa shape index (κ3) is 4.03. The van der Waals surface area contributed by atoms with Gasteiger partial charge in [0, 0.05) is 36.1 Å². The molecule has 3 aromatic rings. The zero-order valence-corrected chi connectivity index (χ0v) is 13.7. The summed E-state index contributed by atoms with van der Waals surface area (Å²) in [5, 5.41) is 2.70. The van der Waals surface area contributed by atoms with Crippen molar-refractivity contribution in [3.63, 3.8) is 0 Å². The van der Waals surface area contributed by atoms with E-state index in [0.29, 0.717) is 12.1 Å². The molecular weight excluding hydrogens is 319 g/mol. The number of carbonyl (C=O) groups excluding carboxylic acids is 1. The number of anilines is 1. The Hall–Kier alpha value is -3.15. The van der Waals surface area contributed by atoms with Gasteiger partial charge in [0.25, 0.3) is 0 Å². The fourth-order valence-corrected chi connectivity index (χ4v) is 2.43. The molecule has 0 aliphatic heterocycles. The van der Waals surface area contributed by atoms with Gasteiger partial charge in [-0.1, -0.05) is 19.1 Å². The second-order valence-corrected chi connectivity index (χ2v) is 5.50. The van der Waals surface area contributed by atoms with E-state index in [2.05, 4.69) is 20.3 Å². The van der Waals surface area contributed by atoms with Crippen molar-refractivity contribution in [2.24, 2.45) is 0 Å². The van der Waals surface area contributed by atoms with Crippen molar-refractivity contribution in [2.75, 3.05) is 5.32 Å². The Morgan fingerprint density at radius 1 is 1.08 bits per heavy atom. The van der Waals surface area contributed by atoms with E-state index >= 15 is 0 Å². The molecule has 6 heteroatoms. The number of nitrogens with zero attached hydrogens (tertiary/aromatic N) is 3. The number of aromatic nitrogens is 3. The van der Waals surface area contributed by atoms with Crippen molar-refractivity contribution in [1.29, 1.82) is 0 Å².